The molecule has 0 bridgehead atoms. The number of nitrogen functional groups attached to an aromatic ring is 1. The van der Waals surface area contributed by atoms with Gasteiger partial charge in [-0.3, -0.25) is 4.79 Å². The molecule has 1 aliphatic heterocycles. The predicted molar refractivity (Wildman–Crippen MR) is 80.2 cm³/mol. The molecule has 2 heterocycles. The SMILES string of the molecule is COc1cccc(CN2CNC(=O)c3c(N)csc32)c1. The molecule has 5 nitrogen and oxygen atoms in total. The first-order valence-electron chi connectivity index (χ1n) is 6.22. The zero-order valence-electron chi connectivity index (χ0n) is 11.1. The molecule has 0 saturated heterocycles. The van der Waals surface area contributed by atoms with E-state index in [0.29, 0.717) is 24.5 Å². The topological polar surface area (TPSA) is 67.6 Å². The molecule has 1 aromatic heterocycles. The molecule has 0 atom stereocenters. The number of ether oxygens (including phenoxy) is 1. The summed E-state index contributed by atoms with van der Waals surface area (Å²) in [5, 5.41) is 5.59. The highest BCUT2D eigenvalue weighted by Crippen LogP contribution is 2.36. The Kier molecular flexibility index (Phi) is 3.23. The smallest absolute Gasteiger partial charge is 0.257 e. The number of fused-ring (bicyclic) bond motifs is 1. The number of nitrogens with two attached hydrogens (primary N) is 1. The van der Waals surface area contributed by atoms with Gasteiger partial charge in [-0.15, -0.1) is 11.3 Å². The first kappa shape index (κ1) is 12.8. The lowest BCUT2D eigenvalue weighted by Gasteiger charge is -2.29. The summed E-state index contributed by atoms with van der Waals surface area (Å²) in [6.45, 7) is 1.19. The Morgan fingerprint density at radius 1 is 1.50 bits per heavy atom. The van der Waals surface area contributed by atoms with Crippen LogP contribution in [0, 0.1) is 0 Å². The summed E-state index contributed by atoms with van der Waals surface area (Å²) in [6.07, 6.45) is 0. The van der Waals surface area contributed by atoms with Crippen LogP contribution in [0.1, 0.15) is 15.9 Å². The van der Waals surface area contributed by atoms with Gasteiger partial charge in [-0.1, -0.05) is 12.1 Å². The Balaban J connectivity index is 1.88. The number of thiophene rings is 1. The van der Waals surface area contributed by atoms with E-state index in [9.17, 15) is 4.79 Å². The van der Waals surface area contributed by atoms with Crippen LogP contribution in [0.2, 0.25) is 0 Å². The number of hydrogen-bond acceptors (Lipinski definition) is 5. The van der Waals surface area contributed by atoms with Crippen molar-refractivity contribution in [2.24, 2.45) is 0 Å². The molecule has 0 spiro atoms. The van der Waals surface area contributed by atoms with Crippen LogP contribution in [-0.4, -0.2) is 19.7 Å². The summed E-state index contributed by atoms with van der Waals surface area (Å²) in [5.74, 6) is 0.732. The largest absolute Gasteiger partial charge is 0.497 e. The highest BCUT2D eigenvalue weighted by molar-refractivity contribution is 7.15. The molecule has 1 aromatic carbocycles. The van der Waals surface area contributed by atoms with Crippen LogP contribution in [0.15, 0.2) is 29.6 Å². The Hall–Kier alpha value is -2.21. The zero-order valence-corrected chi connectivity index (χ0v) is 11.9. The highest BCUT2D eigenvalue weighted by Gasteiger charge is 2.26. The summed E-state index contributed by atoms with van der Waals surface area (Å²) in [5.41, 5.74) is 8.11. The molecule has 3 N–H and O–H groups in total. The standard InChI is InChI=1S/C14H15N3O2S/c1-19-10-4-2-3-9(5-10)6-17-8-16-13(18)12-11(15)7-20-14(12)17/h2-5,7H,6,8,15H2,1H3,(H,16,18). The van der Waals surface area contributed by atoms with Gasteiger partial charge in [0.2, 0.25) is 0 Å². The maximum atomic E-state index is 11.8. The minimum absolute atomic E-state index is 0.0966. The highest BCUT2D eigenvalue weighted by atomic mass is 32.1. The van der Waals surface area contributed by atoms with Gasteiger partial charge in [0.05, 0.1) is 25.0 Å². The van der Waals surface area contributed by atoms with E-state index in [2.05, 4.69) is 10.2 Å². The van der Waals surface area contributed by atoms with Crippen LogP contribution in [0.5, 0.6) is 5.75 Å². The van der Waals surface area contributed by atoms with E-state index in [4.69, 9.17) is 10.5 Å². The lowest BCUT2D eigenvalue weighted by atomic mass is 10.1. The van der Waals surface area contributed by atoms with Gasteiger partial charge in [0.25, 0.3) is 5.91 Å². The first-order chi connectivity index (χ1) is 9.69. The molecular weight excluding hydrogens is 274 g/mol. The summed E-state index contributed by atoms with van der Waals surface area (Å²) in [7, 11) is 1.65. The number of carbonyl (C=O) groups excluding carboxylic acids is 1. The lowest BCUT2D eigenvalue weighted by Crippen LogP contribution is -2.42. The van der Waals surface area contributed by atoms with Crippen molar-refractivity contribution in [1.29, 1.82) is 0 Å². The number of carbonyl (C=O) groups is 1. The second kappa shape index (κ2) is 5.05. The number of benzene rings is 1. The molecule has 0 saturated carbocycles. The fourth-order valence-electron chi connectivity index (χ4n) is 2.27. The van der Waals surface area contributed by atoms with Crippen LogP contribution in [0.3, 0.4) is 0 Å². The summed E-state index contributed by atoms with van der Waals surface area (Å²) in [4.78, 5) is 13.9. The van der Waals surface area contributed by atoms with Crippen LogP contribution >= 0.6 is 11.3 Å². The van der Waals surface area contributed by atoms with Crippen molar-refractivity contribution in [3.63, 3.8) is 0 Å². The lowest BCUT2D eigenvalue weighted by molar-refractivity contribution is 0.0949. The number of anilines is 2. The van der Waals surface area contributed by atoms with Crippen LogP contribution in [0.4, 0.5) is 10.7 Å². The number of hydrogen-bond donors (Lipinski definition) is 2. The van der Waals surface area contributed by atoms with E-state index in [1.807, 2.05) is 29.6 Å². The van der Waals surface area contributed by atoms with E-state index < -0.39 is 0 Å². The van der Waals surface area contributed by atoms with Gasteiger partial charge in [0.15, 0.2) is 0 Å². The van der Waals surface area contributed by atoms with Crippen molar-refractivity contribution in [1.82, 2.24) is 5.32 Å². The van der Waals surface area contributed by atoms with Gasteiger partial charge in [-0.25, -0.2) is 0 Å². The molecule has 2 aromatic rings. The van der Waals surface area contributed by atoms with E-state index in [1.54, 1.807) is 7.11 Å². The average molecular weight is 289 g/mol. The third kappa shape index (κ3) is 2.18. The zero-order chi connectivity index (χ0) is 14.1. The average Bonchev–Trinajstić information content (AvgIpc) is 2.85. The number of nitrogens with one attached hydrogen (secondary N) is 1. The van der Waals surface area contributed by atoms with Gasteiger partial charge in [-0.2, -0.15) is 0 Å². The van der Waals surface area contributed by atoms with E-state index >= 15 is 0 Å². The third-order valence-corrected chi connectivity index (χ3v) is 4.31. The molecule has 0 fully saturated rings. The Morgan fingerprint density at radius 2 is 2.35 bits per heavy atom. The molecule has 0 unspecified atom stereocenters. The van der Waals surface area contributed by atoms with Crippen molar-refractivity contribution in [2.45, 2.75) is 6.54 Å². The van der Waals surface area contributed by atoms with Crippen molar-refractivity contribution in [2.75, 3.05) is 24.4 Å². The molecule has 104 valence electrons. The quantitative estimate of drug-likeness (QED) is 0.907. The normalized spacial score (nSPS) is 13.8. The molecule has 0 radical (unpaired) electrons. The Bertz CT molecular complexity index is 654. The van der Waals surface area contributed by atoms with Crippen molar-refractivity contribution in [3.05, 3.63) is 40.8 Å². The maximum Gasteiger partial charge on any atom is 0.257 e. The fraction of sp³-hybridized carbons (Fsp3) is 0.214. The monoisotopic (exact) mass is 289 g/mol. The second-order valence-corrected chi connectivity index (χ2v) is 5.44. The second-order valence-electron chi connectivity index (χ2n) is 4.58. The minimum Gasteiger partial charge on any atom is -0.497 e. The molecule has 20 heavy (non-hydrogen) atoms. The Labute approximate surface area is 121 Å². The van der Waals surface area contributed by atoms with Crippen LogP contribution < -0.4 is 20.7 Å². The van der Waals surface area contributed by atoms with Gasteiger partial charge >= 0.3 is 0 Å². The first-order valence-corrected chi connectivity index (χ1v) is 7.10. The van der Waals surface area contributed by atoms with Crippen molar-refractivity contribution < 1.29 is 9.53 Å². The number of methoxy groups -OCH3 is 1. The molecule has 0 aliphatic carbocycles. The van der Waals surface area contributed by atoms with Crippen molar-refractivity contribution >= 4 is 27.9 Å². The molecule has 3 rings (SSSR count). The van der Waals surface area contributed by atoms with Gasteiger partial charge in [0, 0.05) is 11.9 Å². The van der Waals surface area contributed by atoms with Gasteiger partial charge in [0.1, 0.15) is 10.8 Å². The number of nitrogens with zero attached hydrogens (tertiary/aromatic N) is 1. The summed E-state index contributed by atoms with van der Waals surface area (Å²) < 4.78 is 5.23. The van der Waals surface area contributed by atoms with Gasteiger partial charge < -0.3 is 20.7 Å². The predicted octanol–water partition coefficient (Wildman–Crippen LogP) is 2.05. The molecule has 1 aliphatic rings. The van der Waals surface area contributed by atoms with E-state index in [1.165, 1.54) is 11.3 Å². The van der Waals surface area contributed by atoms with Crippen LogP contribution in [-0.2, 0) is 6.54 Å². The van der Waals surface area contributed by atoms with E-state index in [0.717, 1.165) is 16.3 Å². The van der Waals surface area contributed by atoms with Crippen LogP contribution in [0.25, 0.3) is 0 Å². The Morgan fingerprint density at radius 3 is 3.15 bits per heavy atom. The molecular formula is C14H15N3O2S. The van der Waals surface area contributed by atoms with Gasteiger partial charge in [-0.05, 0) is 17.7 Å². The number of amides is 1. The molecule has 6 heteroatoms. The van der Waals surface area contributed by atoms with E-state index in [-0.39, 0.29) is 5.91 Å². The summed E-state index contributed by atoms with van der Waals surface area (Å²) >= 11 is 1.50. The summed E-state index contributed by atoms with van der Waals surface area (Å²) in [6, 6.07) is 7.90. The van der Waals surface area contributed by atoms with Crippen molar-refractivity contribution in [3.8, 4) is 5.75 Å². The fourth-order valence-corrected chi connectivity index (χ4v) is 3.23. The minimum atomic E-state index is -0.0966. The maximum absolute atomic E-state index is 11.8. The molecule has 1 amide bonds. The number of rotatable bonds is 3. The third-order valence-electron chi connectivity index (χ3n) is 3.25.